The van der Waals surface area contributed by atoms with Crippen molar-refractivity contribution in [3.63, 3.8) is 0 Å². The van der Waals surface area contributed by atoms with E-state index in [-0.39, 0.29) is 5.97 Å². The SMILES string of the molecule is COC(=O)c1ccc(CN2CC=C(c3ccccc3)CC2)cc1. The summed E-state index contributed by atoms with van der Waals surface area (Å²) in [7, 11) is 1.40. The first-order chi connectivity index (χ1) is 11.3. The van der Waals surface area contributed by atoms with E-state index in [0.717, 1.165) is 26.1 Å². The topological polar surface area (TPSA) is 29.5 Å². The number of nitrogens with zero attached hydrogens (tertiary/aromatic N) is 1. The zero-order valence-corrected chi connectivity index (χ0v) is 13.4. The van der Waals surface area contributed by atoms with E-state index < -0.39 is 0 Å². The second kappa shape index (κ2) is 7.25. The van der Waals surface area contributed by atoms with Crippen molar-refractivity contribution in [2.45, 2.75) is 13.0 Å². The van der Waals surface area contributed by atoms with Crippen LogP contribution in [0.1, 0.15) is 27.9 Å². The third kappa shape index (κ3) is 3.88. The summed E-state index contributed by atoms with van der Waals surface area (Å²) >= 11 is 0. The Kier molecular flexibility index (Phi) is 4.89. The molecular weight excluding hydrogens is 286 g/mol. The van der Waals surface area contributed by atoms with E-state index in [1.165, 1.54) is 23.8 Å². The highest BCUT2D eigenvalue weighted by molar-refractivity contribution is 5.89. The molecule has 2 aromatic carbocycles. The van der Waals surface area contributed by atoms with Crippen LogP contribution in [-0.4, -0.2) is 31.1 Å². The molecule has 0 unspecified atom stereocenters. The standard InChI is InChI=1S/C20H21NO2/c1-23-20(22)19-9-7-16(8-10-19)15-21-13-11-18(12-14-21)17-5-3-2-4-6-17/h2-11H,12-15H2,1H3. The largest absolute Gasteiger partial charge is 0.465 e. The number of hydrogen-bond acceptors (Lipinski definition) is 3. The summed E-state index contributed by atoms with van der Waals surface area (Å²) in [5, 5.41) is 0. The van der Waals surface area contributed by atoms with Gasteiger partial charge in [0.15, 0.2) is 0 Å². The first kappa shape index (κ1) is 15.5. The van der Waals surface area contributed by atoms with Gasteiger partial charge in [-0.2, -0.15) is 0 Å². The molecule has 3 heteroatoms. The lowest BCUT2D eigenvalue weighted by Gasteiger charge is -2.26. The third-order valence-corrected chi connectivity index (χ3v) is 4.22. The zero-order chi connectivity index (χ0) is 16.1. The molecule has 1 heterocycles. The first-order valence-corrected chi connectivity index (χ1v) is 7.90. The van der Waals surface area contributed by atoms with Crippen LogP contribution in [0.2, 0.25) is 0 Å². The fraction of sp³-hybridized carbons (Fsp3) is 0.250. The van der Waals surface area contributed by atoms with Crippen LogP contribution in [-0.2, 0) is 11.3 Å². The van der Waals surface area contributed by atoms with Crippen molar-refractivity contribution in [2.75, 3.05) is 20.2 Å². The molecule has 1 aliphatic rings. The van der Waals surface area contributed by atoms with Gasteiger partial charge in [0.05, 0.1) is 12.7 Å². The number of rotatable bonds is 4. The van der Waals surface area contributed by atoms with Gasteiger partial charge in [-0.3, -0.25) is 4.90 Å². The van der Waals surface area contributed by atoms with Gasteiger partial charge in [0, 0.05) is 19.6 Å². The molecular formula is C20H21NO2. The quantitative estimate of drug-likeness (QED) is 0.805. The molecule has 0 saturated heterocycles. The van der Waals surface area contributed by atoms with E-state index in [9.17, 15) is 4.79 Å². The molecule has 3 nitrogen and oxygen atoms in total. The minimum Gasteiger partial charge on any atom is -0.465 e. The molecule has 0 aromatic heterocycles. The van der Waals surface area contributed by atoms with Crippen LogP contribution in [0, 0.1) is 0 Å². The van der Waals surface area contributed by atoms with Gasteiger partial charge < -0.3 is 4.74 Å². The number of methoxy groups -OCH3 is 1. The predicted octanol–water partition coefficient (Wildman–Crippen LogP) is 3.76. The molecule has 0 atom stereocenters. The van der Waals surface area contributed by atoms with Crippen LogP contribution < -0.4 is 0 Å². The van der Waals surface area contributed by atoms with E-state index in [1.807, 2.05) is 24.3 Å². The zero-order valence-electron chi connectivity index (χ0n) is 13.4. The summed E-state index contributed by atoms with van der Waals surface area (Å²) in [6.45, 7) is 2.92. The van der Waals surface area contributed by atoms with Crippen LogP contribution in [0.3, 0.4) is 0 Å². The van der Waals surface area contributed by atoms with Gasteiger partial charge in [-0.05, 0) is 35.3 Å². The molecule has 1 aliphatic heterocycles. The Labute approximate surface area is 137 Å². The second-order valence-electron chi connectivity index (χ2n) is 5.77. The van der Waals surface area contributed by atoms with Crippen molar-refractivity contribution in [1.29, 1.82) is 0 Å². The molecule has 0 saturated carbocycles. The number of carbonyl (C=O) groups is 1. The summed E-state index contributed by atoms with van der Waals surface area (Å²) in [4.78, 5) is 13.9. The maximum atomic E-state index is 11.4. The van der Waals surface area contributed by atoms with Gasteiger partial charge in [0.1, 0.15) is 0 Å². The molecule has 0 radical (unpaired) electrons. The van der Waals surface area contributed by atoms with Crippen LogP contribution in [0.5, 0.6) is 0 Å². The smallest absolute Gasteiger partial charge is 0.337 e. The minimum atomic E-state index is -0.287. The Morgan fingerprint density at radius 3 is 2.43 bits per heavy atom. The monoisotopic (exact) mass is 307 g/mol. The fourth-order valence-electron chi connectivity index (χ4n) is 2.89. The Morgan fingerprint density at radius 1 is 1.09 bits per heavy atom. The fourth-order valence-corrected chi connectivity index (χ4v) is 2.89. The molecule has 23 heavy (non-hydrogen) atoms. The van der Waals surface area contributed by atoms with Crippen molar-refractivity contribution < 1.29 is 9.53 Å². The molecule has 0 fully saturated rings. The van der Waals surface area contributed by atoms with Crippen LogP contribution in [0.15, 0.2) is 60.7 Å². The van der Waals surface area contributed by atoms with Crippen molar-refractivity contribution in [3.8, 4) is 0 Å². The van der Waals surface area contributed by atoms with Gasteiger partial charge in [-0.25, -0.2) is 4.79 Å². The average molecular weight is 307 g/mol. The average Bonchev–Trinajstić information content (AvgIpc) is 2.63. The van der Waals surface area contributed by atoms with Crippen molar-refractivity contribution in [3.05, 3.63) is 77.4 Å². The highest BCUT2D eigenvalue weighted by Crippen LogP contribution is 2.23. The highest BCUT2D eigenvalue weighted by atomic mass is 16.5. The van der Waals surface area contributed by atoms with E-state index in [1.54, 1.807) is 0 Å². The van der Waals surface area contributed by atoms with Crippen molar-refractivity contribution in [2.24, 2.45) is 0 Å². The highest BCUT2D eigenvalue weighted by Gasteiger charge is 2.13. The summed E-state index contributed by atoms with van der Waals surface area (Å²) in [5.74, 6) is -0.287. The first-order valence-electron chi connectivity index (χ1n) is 7.90. The van der Waals surface area contributed by atoms with Gasteiger partial charge in [0.25, 0.3) is 0 Å². The van der Waals surface area contributed by atoms with Gasteiger partial charge in [-0.15, -0.1) is 0 Å². The Hall–Kier alpha value is -2.39. The lowest BCUT2D eigenvalue weighted by Crippen LogP contribution is -2.28. The third-order valence-electron chi connectivity index (χ3n) is 4.22. The van der Waals surface area contributed by atoms with Crippen molar-refractivity contribution in [1.82, 2.24) is 4.90 Å². The molecule has 3 rings (SSSR count). The normalized spacial score (nSPS) is 15.1. The van der Waals surface area contributed by atoms with E-state index >= 15 is 0 Å². The Morgan fingerprint density at radius 2 is 1.83 bits per heavy atom. The van der Waals surface area contributed by atoms with E-state index in [2.05, 4.69) is 41.3 Å². The lowest BCUT2D eigenvalue weighted by molar-refractivity contribution is 0.0600. The maximum absolute atomic E-state index is 11.4. The number of carbonyl (C=O) groups excluding carboxylic acids is 1. The molecule has 0 amide bonds. The summed E-state index contributed by atoms with van der Waals surface area (Å²) < 4.78 is 4.72. The van der Waals surface area contributed by atoms with Crippen molar-refractivity contribution >= 4 is 11.5 Å². The molecule has 2 aromatic rings. The number of ether oxygens (including phenoxy) is 1. The Bertz CT molecular complexity index is 689. The number of hydrogen-bond donors (Lipinski definition) is 0. The summed E-state index contributed by atoms with van der Waals surface area (Å²) in [5.41, 5.74) is 4.58. The van der Waals surface area contributed by atoms with Crippen LogP contribution >= 0.6 is 0 Å². The number of benzene rings is 2. The molecule has 0 aliphatic carbocycles. The van der Waals surface area contributed by atoms with Crippen LogP contribution in [0.4, 0.5) is 0 Å². The van der Waals surface area contributed by atoms with Gasteiger partial charge in [-0.1, -0.05) is 48.5 Å². The molecule has 0 spiro atoms. The molecule has 118 valence electrons. The Balaban J connectivity index is 1.60. The van der Waals surface area contributed by atoms with E-state index in [0.29, 0.717) is 5.56 Å². The van der Waals surface area contributed by atoms with E-state index in [4.69, 9.17) is 4.74 Å². The summed E-state index contributed by atoms with van der Waals surface area (Å²) in [6.07, 6.45) is 3.39. The van der Waals surface area contributed by atoms with Gasteiger partial charge >= 0.3 is 5.97 Å². The molecule has 0 bridgehead atoms. The maximum Gasteiger partial charge on any atom is 0.337 e. The van der Waals surface area contributed by atoms with Crippen LogP contribution in [0.25, 0.3) is 5.57 Å². The van der Waals surface area contributed by atoms with Gasteiger partial charge in [0.2, 0.25) is 0 Å². The number of esters is 1. The predicted molar refractivity (Wildman–Crippen MR) is 92.1 cm³/mol. The lowest BCUT2D eigenvalue weighted by atomic mass is 9.99. The minimum absolute atomic E-state index is 0.287. The second-order valence-corrected chi connectivity index (χ2v) is 5.77. The summed E-state index contributed by atoms with van der Waals surface area (Å²) in [6, 6.07) is 18.2. The molecule has 0 N–H and O–H groups in total.